The fourth-order valence-electron chi connectivity index (χ4n) is 4.81. The normalized spacial score (nSPS) is 33.9. The number of hydrogen-bond donors (Lipinski definition) is 2. The van der Waals surface area contributed by atoms with Crippen LogP contribution in [-0.4, -0.2) is 43.6 Å². The number of rotatable bonds is 4. The topological polar surface area (TPSA) is 67.6 Å². The molecule has 0 radical (unpaired) electrons. The van der Waals surface area contributed by atoms with E-state index in [0.29, 0.717) is 34.0 Å². The van der Waals surface area contributed by atoms with Crippen LogP contribution >= 0.6 is 11.6 Å². The second kappa shape index (κ2) is 5.56. The molecule has 3 aliphatic heterocycles. The third kappa shape index (κ3) is 2.46. The average Bonchev–Trinajstić information content (AvgIpc) is 2.95. The van der Waals surface area contributed by atoms with Crippen molar-refractivity contribution in [3.8, 4) is 5.75 Å². The number of carbonyl (C=O) groups is 1. The van der Waals surface area contributed by atoms with Crippen LogP contribution < -0.4 is 15.8 Å². The highest BCUT2D eigenvalue weighted by atomic mass is 35.5. The number of nitrogens with two attached hydrogens (primary N) is 1. The van der Waals surface area contributed by atoms with Crippen molar-refractivity contribution in [1.82, 2.24) is 10.2 Å². The van der Waals surface area contributed by atoms with Crippen molar-refractivity contribution < 1.29 is 9.53 Å². The first kappa shape index (κ1) is 15.1. The molecule has 23 heavy (non-hydrogen) atoms. The van der Waals surface area contributed by atoms with E-state index in [0.717, 1.165) is 18.4 Å². The Morgan fingerprint density at radius 2 is 2.26 bits per heavy atom. The molecule has 4 bridgehead atoms. The smallest absolute Gasteiger partial charge is 0.255 e. The summed E-state index contributed by atoms with van der Waals surface area (Å²) in [7, 11) is 1.53. The van der Waals surface area contributed by atoms with Crippen LogP contribution in [-0.2, 0) is 0 Å². The molecule has 1 aromatic rings. The molecule has 3 saturated heterocycles. The molecular weight excluding hydrogens is 314 g/mol. The van der Waals surface area contributed by atoms with E-state index in [-0.39, 0.29) is 5.91 Å². The molecule has 1 aromatic carbocycles. The molecule has 1 saturated carbocycles. The third-order valence-corrected chi connectivity index (χ3v) is 6.13. The molecule has 5 atom stereocenters. The van der Waals surface area contributed by atoms with E-state index in [4.69, 9.17) is 22.1 Å². The Morgan fingerprint density at radius 3 is 3.00 bits per heavy atom. The van der Waals surface area contributed by atoms with Crippen molar-refractivity contribution >= 4 is 23.2 Å². The highest BCUT2D eigenvalue weighted by Gasteiger charge is 2.52. The van der Waals surface area contributed by atoms with Gasteiger partial charge in [0, 0.05) is 31.7 Å². The number of halogens is 1. The van der Waals surface area contributed by atoms with E-state index in [1.165, 1.54) is 33.0 Å². The Balaban J connectivity index is 1.46. The number of ether oxygens (including phenoxy) is 1. The van der Waals surface area contributed by atoms with Gasteiger partial charge in [-0.3, -0.25) is 9.69 Å². The molecule has 0 aromatic heterocycles. The molecule has 0 spiro atoms. The predicted octanol–water partition coefficient (Wildman–Crippen LogP) is 2.00. The maximum Gasteiger partial charge on any atom is 0.255 e. The molecule has 3 N–H and O–H groups in total. The fourth-order valence-corrected chi connectivity index (χ4v) is 4.97. The summed E-state index contributed by atoms with van der Waals surface area (Å²) in [6, 6.07) is 3.85. The van der Waals surface area contributed by atoms with E-state index < -0.39 is 0 Å². The lowest BCUT2D eigenvalue weighted by Crippen LogP contribution is -2.38. The van der Waals surface area contributed by atoms with Crippen molar-refractivity contribution in [2.75, 3.05) is 32.5 Å². The Labute approximate surface area is 141 Å². The van der Waals surface area contributed by atoms with Crippen LogP contribution in [0.4, 0.5) is 5.69 Å². The van der Waals surface area contributed by atoms with Crippen LogP contribution in [0.3, 0.4) is 0 Å². The molecule has 4 fully saturated rings. The Hall–Kier alpha value is -1.46. The van der Waals surface area contributed by atoms with E-state index in [1.807, 2.05) is 0 Å². The number of piperidine rings is 1. The summed E-state index contributed by atoms with van der Waals surface area (Å²) in [6.07, 6.45) is 2.62. The van der Waals surface area contributed by atoms with Gasteiger partial charge >= 0.3 is 0 Å². The largest absolute Gasteiger partial charge is 0.496 e. The van der Waals surface area contributed by atoms with Crippen LogP contribution in [0.15, 0.2) is 12.1 Å². The zero-order chi connectivity index (χ0) is 16.1. The van der Waals surface area contributed by atoms with Gasteiger partial charge in [-0.25, -0.2) is 0 Å². The Kier molecular flexibility index (Phi) is 3.65. The number of carbonyl (C=O) groups excluding carboxylic acids is 1. The van der Waals surface area contributed by atoms with Gasteiger partial charge in [-0.15, -0.1) is 0 Å². The minimum atomic E-state index is -0.143. The van der Waals surface area contributed by atoms with Gasteiger partial charge in [0.25, 0.3) is 5.91 Å². The Bertz CT molecular complexity index is 647. The van der Waals surface area contributed by atoms with Crippen LogP contribution in [0.1, 0.15) is 23.2 Å². The maximum absolute atomic E-state index is 12.6. The van der Waals surface area contributed by atoms with Crippen molar-refractivity contribution in [2.45, 2.75) is 18.9 Å². The molecular formula is C17H22ClN3O2. The number of amides is 1. The lowest BCUT2D eigenvalue weighted by molar-refractivity contribution is 0.0934. The van der Waals surface area contributed by atoms with E-state index >= 15 is 0 Å². The molecule has 124 valence electrons. The summed E-state index contributed by atoms with van der Waals surface area (Å²) in [5.41, 5.74) is 6.63. The summed E-state index contributed by atoms with van der Waals surface area (Å²) in [5, 5.41) is 3.46. The molecule has 2 unspecified atom stereocenters. The van der Waals surface area contributed by atoms with Gasteiger partial charge in [0.2, 0.25) is 0 Å². The highest BCUT2D eigenvalue weighted by Crippen LogP contribution is 2.48. The standard InChI is InChI=1S/C17H22ClN3O2/c1-23-16-5-14(19)13(18)4-11(16)17(22)20-6-12-10-2-9-3-15(12)21(7-9)8-10/h4-5,9-10,12,15H,2-3,6-8,19H2,1H3,(H,20,22)/t9-,10-,12-,15?/m1/s1. The van der Waals surface area contributed by atoms with Gasteiger partial charge in [0.15, 0.2) is 0 Å². The number of methoxy groups -OCH3 is 1. The molecule has 1 aliphatic carbocycles. The number of nitrogens with one attached hydrogen (secondary N) is 1. The van der Waals surface area contributed by atoms with Gasteiger partial charge in [0.05, 0.1) is 23.4 Å². The number of nitrogen functional groups attached to an aromatic ring is 1. The van der Waals surface area contributed by atoms with Crippen molar-refractivity contribution in [2.24, 2.45) is 17.8 Å². The molecule has 5 nitrogen and oxygen atoms in total. The predicted molar refractivity (Wildman–Crippen MR) is 89.8 cm³/mol. The minimum absolute atomic E-state index is 0.143. The molecule has 3 heterocycles. The van der Waals surface area contributed by atoms with Gasteiger partial charge < -0.3 is 15.8 Å². The monoisotopic (exact) mass is 335 g/mol. The molecule has 4 aliphatic rings. The van der Waals surface area contributed by atoms with Crippen LogP contribution in [0.5, 0.6) is 5.75 Å². The average molecular weight is 336 g/mol. The molecule has 1 amide bonds. The lowest BCUT2D eigenvalue weighted by Gasteiger charge is -2.30. The first-order valence-electron chi connectivity index (χ1n) is 8.22. The van der Waals surface area contributed by atoms with E-state index in [9.17, 15) is 4.79 Å². The van der Waals surface area contributed by atoms with Crippen LogP contribution in [0.2, 0.25) is 5.02 Å². The lowest BCUT2D eigenvalue weighted by atomic mass is 9.75. The maximum atomic E-state index is 12.6. The fraction of sp³-hybridized carbons (Fsp3) is 0.588. The molecule has 6 heteroatoms. The third-order valence-electron chi connectivity index (χ3n) is 5.80. The summed E-state index contributed by atoms with van der Waals surface area (Å²) in [6.45, 7) is 3.19. The zero-order valence-electron chi connectivity index (χ0n) is 13.2. The number of nitrogens with zero attached hydrogens (tertiary/aromatic N) is 1. The van der Waals surface area contributed by atoms with E-state index in [2.05, 4.69) is 10.2 Å². The summed E-state index contributed by atoms with van der Waals surface area (Å²) in [4.78, 5) is 15.2. The minimum Gasteiger partial charge on any atom is -0.496 e. The summed E-state index contributed by atoms with van der Waals surface area (Å²) in [5.74, 6) is 2.53. The highest BCUT2D eigenvalue weighted by molar-refractivity contribution is 6.33. The SMILES string of the molecule is COc1cc(N)c(Cl)cc1C(=O)NC[C@H]1C2C[C@H]3C[C@@H]1CN2C3. The van der Waals surface area contributed by atoms with Gasteiger partial charge in [0.1, 0.15) is 5.75 Å². The first-order chi connectivity index (χ1) is 11.1. The summed E-state index contributed by atoms with van der Waals surface area (Å²) < 4.78 is 5.26. The van der Waals surface area contributed by atoms with Gasteiger partial charge in [-0.1, -0.05) is 11.6 Å². The van der Waals surface area contributed by atoms with Crippen molar-refractivity contribution in [3.05, 3.63) is 22.7 Å². The second-order valence-corrected chi connectivity index (χ2v) is 7.47. The zero-order valence-corrected chi connectivity index (χ0v) is 14.0. The number of anilines is 1. The van der Waals surface area contributed by atoms with Crippen molar-refractivity contribution in [1.29, 1.82) is 0 Å². The quantitative estimate of drug-likeness (QED) is 0.826. The second-order valence-electron chi connectivity index (χ2n) is 7.07. The van der Waals surface area contributed by atoms with Gasteiger partial charge in [-0.2, -0.15) is 0 Å². The Morgan fingerprint density at radius 1 is 1.43 bits per heavy atom. The molecule has 5 rings (SSSR count). The van der Waals surface area contributed by atoms with Crippen molar-refractivity contribution in [3.63, 3.8) is 0 Å². The summed E-state index contributed by atoms with van der Waals surface area (Å²) >= 11 is 6.05. The van der Waals surface area contributed by atoms with Gasteiger partial charge in [-0.05, 0) is 36.7 Å². The van der Waals surface area contributed by atoms with Crippen LogP contribution in [0.25, 0.3) is 0 Å². The van der Waals surface area contributed by atoms with E-state index in [1.54, 1.807) is 12.1 Å². The number of benzene rings is 1. The first-order valence-corrected chi connectivity index (χ1v) is 8.60. The van der Waals surface area contributed by atoms with Crippen LogP contribution in [0, 0.1) is 17.8 Å². The number of hydrogen-bond acceptors (Lipinski definition) is 4.